The van der Waals surface area contributed by atoms with E-state index in [1.165, 1.54) is 6.92 Å². The van der Waals surface area contributed by atoms with Gasteiger partial charge in [0, 0.05) is 24.7 Å². The van der Waals surface area contributed by atoms with Crippen LogP contribution in [0.4, 0.5) is 4.79 Å². The Hall–Kier alpha value is -2.05. The molecule has 1 rings (SSSR count). The number of piperidine rings is 1. The lowest BCUT2D eigenvalue weighted by atomic mass is 9.91. The first-order valence-electron chi connectivity index (χ1n) is 7.29. The number of allylic oxidation sites excluding steroid dienone is 1. The lowest BCUT2D eigenvalue weighted by Gasteiger charge is -2.33. The number of likely N-dealkylation sites (tertiary alicyclic amines) is 1. The molecule has 0 radical (unpaired) electrons. The molecule has 1 heterocycles. The zero-order chi connectivity index (χ0) is 17.1. The van der Waals surface area contributed by atoms with E-state index < -0.39 is 11.5 Å². The van der Waals surface area contributed by atoms with Crippen molar-refractivity contribution in [1.29, 1.82) is 5.41 Å². The minimum absolute atomic E-state index is 0.0560. The maximum Gasteiger partial charge on any atom is 0.410 e. The molecule has 7 nitrogen and oxygen atoms in total. The van der Waals surface area contributed by atoms with E-state index >= 15 is 0 Å². The Balaban J connectivity index is 2.73. The predicted molar refractivity (Wildman–Crippen MR) is 82.8 cm³/mol. The number of carbonyl (C=O) groups excluding carboxylic acids is 2. The second-order valence-electron chi connectivity index (χ2n) is 6.49. The van der Waals surface area contributed by atoms with Crippen molar-refractivity contribution < 1.29 is 19.4 Å². The van der Waals surface area contributed by atoms with E-state index in [4.69, 9.17) is 15.9 Å². The number of rotatable bonds is 3. The number of nitrogens with one attached hydrogen (secondary N) is 1. The molecule has 0 bridgehead atoms. The number of aliphatic hydroxyl groups is 1. The largest absolute Gasteiger partial charge is 0.511 e. The van der Waals surface area contributed by atoms with Gasteiger partial charge in [-0.15, -0.1) is 0 Å². The third-order valence-electron chi connectivity index (χ3n) is 3.41. The van der Waals surface area contributed by atoms with Crippen LogP contribution < -0.4 is 5.73 Å². The zero-order valence-corrected chi connectivity index (χ0v) is 13.6. The third kappa shape index (κ3) is 4.75. The van der Waals surface area contributed by atoms with Crippen LogP contribution in [0.15, 0.2) is 11.3 Å². The fraction of sp³-hybridized carbons (Fsp3) is 0.667. The lowest BCUT2D eigenvalue weighted by molar-refractivity contribution is -0.114. The summed E-state index contributed by atoms with van der Waals surface area (Å²) in [5, 5.41) is 17.7. The van der Waals surface area contributed by atoms with Crippen molar-refractivity contribution in [3.63, 3.8) is 0 Å². The Labute approximate surface area is 130 Å². The van der Waals surface area contributed by atoms with Crippen LogP contribution >= 0.6 is 0 Å². The average molecular weight is 311 g/mol. The summed E-state index contributed by atoms with van der Waals surface area (Å²) in [4.78, 5) is 24.9. The number of primary amides is 1. The Bertz CT molecular complexity index is 481. The molecule has 1 aliphatic heterocycles. The first kappa shape index (κ1) is 18.0. The summed E-state index contributed by atoms with van der Waals surface area (Å²) in [6.07, 6.45) is 0.609. The van der Waals surface area contributed by atoms with Gasteiger partial charge in [-0.3, -0.25) is 4.79 Å². The number of nitrogens with zero attached hydrogens (tertiary/aromatic N) is 1. The summed E-state index contributed by atoms with van der Waals surface area (Å²) in [5.74, 6) is -1.23. The number of carbonyl (C=O) groups is 2. The minimum atomic E-state index is -0.806. The monoisotopic (exact) mass is 311 g/mol. The number of aliphatic hydroxyl groups excluding tert-OH is 1. The van der Waals surface area contributed by atoms with E-state index in [0.717, 1.165) is 0 Å². The SMILES string of the molecule is CC(=N)/C(C(N)=O)=C(\O)C1CCN(C(=O)OC(C)(C)C)CC1. The van der Waals surface area contributed by atoms with E-state index in [9.17, 15) is 14.7 Å². The number of ether oxygens (including phenoxy) is 1. The molecule has 22 heavy (non-hydrogen) atoms. The molecule has 0 aliphatic carbocycles. The van der Waals surface area contributed by atoms with Gasteiger partial charge >= 0.3 is 6.09 Å². The Kier molecular flexibility index (Phi) is 5.57. The molecular formula is C15H25N3O4. The molecule has 2 amide bonds. The molecule has 124 valence electrons. The Morgan fingerprint density at radius 2 is 1.77 bits per heavy atom. The van der Waals surface area contributed by atoms with Crippen LogP contribution in [0.3, 0.4) is 0 Å². The molecule has 0 unspecified atom stereocenters. The van der Waals surface area contributed by atoms with Gasteiger partial charge in [-0.2, -0.15) is 0 Å². The van der Waals surface area contributed by atoms with Gasteiger partial charge in [0.1, 0.15) is 11.4 Å². The maximum absolute atomic E-state index is 12.0. The summed E-state index contributed by atoms with van der Waals surface area (Å²) < 4.78 is 5.30. The molecule has 0 aromatic heterocycles. The third-order valence-corrected chi connectivity index (χ3v) is 3.41. The number of hydrogen-bond acceptors (Lipinski definition) is 5. The quantitative estimate of drug-likeness (QED) is 0.419. The number of amides is 2. The van der Waals surface area contributed by atoms with Gasteiger partial charge < -0.3 is 25.9 Å². The molecule has 1 aliphatic rings. The highest BCUT2D eigenvalue weighted by atomic mass is 16.6. The zero-order valence-electron chi connectivity index (χ0n) is 13.6. The second-order valence-corrected chi connectivity index (χ2v) is 6.49. The van der Waals surface area contributed by atoms with Crippen LogP contribution in [-0.2, 0) is 9.53 Å². The highest BCUT2D eigenvalue weighted by molar-refractivity contribution is 6.19. The van der Waals surface area contributed by atoms with Crippen molar-refractivity contribution in [2.45, 2.75) is 46.1 Å². The summed E-state index contributed by atoms with van der Waals surface area (Å²) >= 11 is 0. The van der Waals surface area contributed by atoms with E-state index in [0.29, 0.717) is 25.9 Å². The highest BCUT2D eigenvalue weighted by Crippen LogP contribution is 2.26. The molecule has 1 fully saturated rings. The molecule has 0 aromatic rings. The van der Waals surface area contributed by atoms with E-state index in [1.807, 2.05) is 0 Å². The molecule has 0 atom stereocenters. The van der Waals surface area contributed by atoms with Crippen LogP contribution in [0.2, 0.25) is 0 Å². The van der Waals surface area contributed by atoms with Gasteiger partial charge in [0.05, 0.1) is 5.57 Å². The topological polar surface area (TPSA) is 117 Å². The van der Waals surface area contributed by atoms with Gasteiger partial charge in [0.25, 0.3) is 5.91 Å². The van der Waals surface area contributed by atoms with Crippen LogP contribution in [0.25, 0.3) is 0 Å². The Morgan fingerprint density at radius 1 is 1.27 bits per heavy atom. The summed E-state index contributed by atoms with van der Waals surface area (Å²) in [7, 11) is 0. The maximum atomic E-state index is 12.0. The molecular weight excluding hydrogens is 286 g/mol. The fourth-order valence-corrected chi connectivity index (χ4v) is 2.37. The first-order valence-corrected chi connectivity index (χ1v) is 7.29. The van der Waals surface area contributed by atoms with Gasteiger partial charge in [0.15, 0.2) is 0 Å². The number of hydrogen-bond donors (Lipinski definition) is 3. The van der Waals surface area contributed by atoms with Crippen molar-refractivity contribution in [3.05, 3.63) is 11.3 Å². The average Bonchev–Trinajstić information content (AvgIpc) is 2.35. The van der Waals surface area contributed by atoms with Gasteiger partial charge in [-0.05, 0) is 40.5 Å². The van der Waals surface area contributed by atoms with Crippen molar-refractivity contribution in [3.8, 4) is 0 Å². The van der Waals surface area contributed by atoms with Crippen LogP contribution in [0.1, 0.15) is 40.5 Å². The van der Waals surface area contributed by atoms with Crippen LogP contribution in [0, 0.1) is 11.3 Å². The molecule has 4 N–H and O–H groups in total. The summed E-state index contributed by atoms with van der Waals surface area (Å²) in [6.45, 7) is 7.67. The normalized spacial score (nSPS) is 17.7. The minimum Gasteiger partial charge on any atom is -0.511 e. The van der Waals surface area contributed by atoms with Crippen molar-refractivity contribution in [2.24, 2.45) is 11.7 Å². The van der Waals surface area contributed by atoms with Crippen LogP contribution in [-0.4, -0.2) is 46.4 Å². The second kappa shape index (κ2) is 6.81. The molecule has 0 saturated carbocycles. The molecule has 7 heteroatoms. The van der Waals surface area contributed by atoms with E-state index in [-0.39, 0.29) is 29.1 Å². The first-order chi connectivity index (χ1) is 10.0. The molecule has 1 saturated heterocycles. The van der Waals surface area contributed by atoms with Crippen LogP contribution in [0.5, 0.6) is 0 Å². The van der Waals surface area contributed by atoms with E-state index in [1.54, 1.807) is 25.7 Å². The summed E-state index contributed by atoms with van der Waals surface area (Å²) in [5.41, 5.74) is 4.47. The highest BCUT2D eigenvalue weighted by Gasteiger charge is 2.30. The van der Waals surface area contributed by atoms with Gasteiger partial charge in [-0.25, -0.2) is 4.79 Å². The molecule has 0 spiro atoms. The molecule has 0 aromatic carbocycles. The Morgan fingerprint density at radius 3 is 2.14 bits per heavy atom. The standard InChI is InChI=1S/C15H25N3O4/c1-9(16)11(13(17)20)12(19)10-5-7-18(8-6-10)14(21)22-15(2,3)4/h10,16,19H,5-8H2,1-4H3,(H2,17,20)/b12-11+,16-9?. The van der Waals surface area contributed by atoms with Gasteiger partial charge in [0.2, 0.25) is 0 Å². The predicted octanol–water partition coefficient (Wildman–Crippen LogP) is 1.97. The van der Waals surface area contributed by atoms with Crippen molar-refractivity contribution in [2.75, 3.05) is 13.1 Å². The fourth-order valence-electron chi connectivity index (χ4n) is 2.37. The van der Waals surface area contributed by atoms with Crippen molar-refractivity contribution >= 4 is 17.7 Å². The van der Waals surface area contributed by atoms with E-state index in [2.05, 4.69) is 0 Å². The van der Waals surface area contributed by atoms with Crippen molar-refractivity contribution in [1.82, 2.24) is 4.90 Å². The lowest BCUT2D eigenvalue weighted by Crippen LogP contribution is -2.42. The smallest absolute Gasteiger partial charge is 0.410 e. The number of nitrogens with two attached hydrogens (primary N) is 1. The summed E-state index contributed by atoms with van der Waals surface area (Å²) in [6, 6.07) is 0. The van der Waals surface area contributed by atoms with Gasteiger partial charge in [-0.1, -0.05) is 0 Å².